The second-order valence-corrected chi connectivity index (χ2v) is 6.48. The largest absolute Gasteiger partial charge is 0.365 e. The molecule has 1 fully saturated rings. The monoisotopic (exact) mass is 323 g/mol. The summed E-state index contributed by atoms with van der Waals surface area (Å²) in [5.74, 6) is 0.301. The van der Waals surface area contributed by atoms with Crippen LogP contribution in [0.15, 0.2) is 60.7 Å². The predicted octanol–water partition coefficient (Wildman–Crippen LogP) is 4.42. The predicted molar refractivity (Wildman–Crippen MR) is 95.5 cm³/mol. The van der Waals surface area contributed by atoms with Gasteiger partial charge in [0, 0.05) is 18.9 Å². The van der Waals surface area contributed by atoms with Crippen molar-refractivity contribution in [3.05, 3.63) is 71.8 Å². The molecule has 4 atom stereocenters. The summed E-state index contributed by atoms with van der Waals surface area (Å²) in [6.45, 7) is 3.76. The smallest absolute Gasteiger partial charge is 0.217 e. The van der Waals surface area contributed by atoms with E-state index in [1.165, 1.54) is 11.1 Å². The van der Waals surface area contributed by atoms with Crippen LogP contribution in [-0.4, -0.2) is 11.9 Å². The highest BCUT2D eigenvalue weighted by Crippen LogP contribution is 2.43. The minimum atomic E-state index is -0.00740. The molecule has 1 aliphatic heterocycles. The Hall–Kier alpha value is -2.13. The average molecular weight is 323 g/mol. The van der Waals surface area contributed by atoms with E-state index in [1.807, 2.05) is 36.4 Å². The van der Waals surface area contributed by atoms with Gasteiger partial charge in [-0.3, -0.25) is 4.79 Å². The van der Waals surface area contributed by atoms with Crippen LogP contribution in [0, 0.1) is 5.92 Å². The maximum atomic E-state index is 11.7. The van der Waals surface area contributed by atoms with Gasteiger partial charge in [0.1, 0.15) is 0 Å². The third-order valence-electron chi connectivity index (χ3n) is 4.84. The van der Waals surface area contributed by atoms with Crippen LogP contribution in [0.4, 0.5) is 0 Å². The highest BCUT2D eigenvalue weighted by molar-refractivity contribution is 5.73. The van der Waals surface area contributed by atoms with Crippen molar-refractivity contribution in [1.29, 1.82) is 0 Å². The van der Waals surface area contributed by atoms with Gasteiger partial charge in [0.2, 0.25) is 5.91 Å². The quantitative estimate of drug-likeness (QED) is 0.904. The molecule has 0 unspecified atom stereocenters. The number of carbonyl (C=O) groups excluding carboxylic acids is 1. The van der Waals surface area contributed by atoms with Gasteiger partial charge in [0.15, 0.2) is 0 Å². The zero-order valence-corrected chi connectivity index (χ0v) is 14.3. The molecule has 0 bridgehead atoms. The summed E-state index contributed by atoms with van der Waals surface area (Å²) >= 11 is 0. The van der Waals surface area contributed by atoms with E-state index in [2.05, 4.69) is 36.5 Å². The summed E-state index contributed by atoms with van der Waals surface area (Å²) in [6.07, 6.45) is 1.76. The van der Waals surface area contributed by atoms with Gasteiger partial charge < -0.3 is 10.1 Å². The first kappa shape index (κ1) is 16.7. The summed E-state index contributed by atoms with van der Waals surface area (Å²) in [4.78, 5) is 11.7. The minimum Gasteiger partial charge on any atom is -0.365 e. The maximum absolute atomic E-state index is 11.7. The fraction of sp³-hybridized carbons (Fsp3) is 0.381. The number of hydrogen-bond acceptors (Lipinski definition) is 2. The Labute approximate surface area is 144 Å². The molecule has 2 aromatic carbocycles. The number of nitrogens with one attached hydrogen (secondary N) is 1. The van der Waals surface area contributed by atoms with Gasteiger partial charge in [-0.25, -0.2) is 0 Å². The maximum Gasteiger partial charge on any atom is 0.217 e. The number of carbonyl (C=O) groups is 1. The topological polar surface area (TPSA) is 38.3 Å². The Bertz CT molecular complexity index is 656. The molecule has 3 heteroatoms. The van der Waals surface area contributed by atoms with Gasteiger partial charge in [-0.2, -0.15) is 0 Å². The van der Waals surface area contributed by atoms with Gasteiger partial charge in [-0.1, -0.05) is 67.6 Å². The average Bonchev–Trinajstić information content (AvgIpc) is 2.62. The lowest BCUT2D eigenvalue weighted by molar-refractivity contribution is -0.127. The number of hydrogen-bond donors (Lipinski definition) is 1. The van der Waals surface area contributed by atoms with Crippen molar-refractivity contribution < 1.29 is 9.53 Å². The fourth-order valence-electron chi connectivity index (χ4n) is 3.73. The van der Waals surface area contributed by atoms with Gasteiger partial charge in [-0.05, 0) is 24.0 Å². The van der Waals surface area contributed by atoms with Crippen molar-refractivity contribution in [2.24, 2.45) is 5.92 Å². The van der Waals surface area contributed by atoms with E-state index < -0.39 is 0 Å². The number of rotatable bonds is 4. The molecule has 1 saturated heterocycles. The second-order valence-electron chi connectivity index (χ2n) is 6.48. The molecule has 1 aliphatic rings. The van der Waals surface area contributed by atoms with Crippen molar-refractivity contribution in [3.63, 3.8) is 0 Å². The lowest BCUT2D eigenvalue weighted by Crippen LogP contribution is -2.46. The van der Waals surface area contributed by atoms with Crippen LogP contribution in [0.2, 0.25) is 0 Å². The molecule has 126 valence electrons. The molecule has 0 aliphatic carbocycles. The van der Waals surface area contributed by atoms with Crippen LogP contribution < -0.4 is 5.32 Å². The Morgan fingerprint density at radius 1 is 1.04 bits per heavy atom. The van der Waals surface area contributed by atoms with Crippen molar-refractivity contribution in [2.75, 3.05) is 0 Å². The van der Waals surface area contributed by atoms with Crippen molar-refractivity contribution in [2.45, 2.75) is 44.9 Å². The van der Waals surface area contributed by atoms with Crippen LogP contribution in [0.3, 0.4) is 0 Å². The molecule has 0 radical (unpaired) electrons. The van der Waals surface area contributed by atoms with E-state index in [-0.39, 0.29) is 30.1 Å². The van der Waals surface area contributed by atoms with Crippen molar-refractivity contribution in [1.82, 2.24) is 5.32 Å². The highest BCUT2D eigenvalue weighted by Gasteiger charge is 2.39. The molecule has 2 aromatic rings. The molecule has 3 rings (SSSR count). The summed E-state index contributed by atoms with van der Waals surface area (Å²) in [7, 11) is 0. The lowest BCUT2D eigenvalue weighted by atomic mass is 9.80. The minimum absolute atomic E-state index is 0.00365. The van der Waals surface area contributed by atoms with E-state index in [1.54, 1.807) is 6.92 Å². The molecule has 0 aromatic heterocycles. The molecule has 3 nitrogen and oxygen atoms in total. The van der Waals surface area contributed by atoms with E-state index in [0.29, 0.717) is 0 Å². The molecule has 0 spiro atoms. The number of amides is 1. The SMILES string of the molecule is CC[C@@H]1[C@@H](NC(C)=O)C[C@@H](c2ccccc2)O[C@H]1c1ccccc1. The fourth-order valence-corrected chi connectivity index (χ4v) is 3.73. The second kappa shape index (κ2) is 7.63. The van der Waals surface area contributed by atoms with E-state index in [4.69, 9.17) is 4.74 Å². The Morgan fingerprint density at radius 2 is 1.62 bits per heavy atom. The molecule has 1 heterocycles. The van der Waals surface area contributed by atoms with Crippen molar-refractivity contribution >= 4 is 5.91 Å². The van der Waals surface area contributed by atoms with Crippen LogP contribution in [0.1, 0.15) is 50.0 Å². The van der Waals surface area contributed by atoms with E-state index >= 15 is 0 Å². The van der Waals surface area contributed by atoms with Gasteiger partial charge >= 0.3 is 0 Å². The Kier molecular flexibility index (Phi) is 5.31. The summed E-state index contributed by atoms with van der Waals surface area (Å²) in [5, 5.41) is 3.16. The molecule has 0 saturated carbocycles. The van der Waals surface area contributed by atoms with Crippen LogP contribution in [-0.2, 0) is 9.53 Å². The molecular formula is C21H25NO2. The molecular weight excluding hydrogens is 298 g/mol. The first-order chi connectivity index (χ1) is 11.7. The number of ether oxygens (including phenoxy) is 1. The zero-order chi connectivity index (χ0) is 16.9. The first-order valence-electron chi connectivity index (χ1n) is 8.71. The van der Waals surface area contributed by atoms with E-state index in [0.717, 1.165) is 12.8 Å². The van der Waals surface area contributed by atoms with Crippen LogP contribution >= 0.6 is 0 Å². The molecule has 1 N–H and O–H groups in total. The molecule has 24 heavy (non-hydrogen) atoms. The highest BCUT2D eigenvalue weighted by atomic mass is 16.5. The Morgan fingerprint density at radius 3 is 2.17 bits per heavy atom. The van der Waals surface area contributed by atoms with Crippen molar-refractivity contribution in [3.8, 4) is 0 Å². The van der Waals surface area contributed by atoms with Gasteiger partial charge in [-0.15, -0.1) is 0 Å². The lowest BCUT2D eigenvalue weighted by Gasteiger charge is -2.42. The van der Waals surface area contributed by atoms with Gasteiger partial charge in [0.05, 0.1) is 12.2 Å². The summed E-state index contributed by atoms with van der Waals surface area (Å²) < 4.78 is 6.52. The summed E-state index contributed by atoms with van der Waals surface area (Å²) in [5.41, 5.74) is 2.35. The Balaban J connectivity index is 1.93. The number of benzene rings is 2. The standard InChI is InChI=1S/C21H25NO2/c1-3-18-19(22-15(2)23)14-20(16-10-6-4-7-11-16)24-21(18)17-12-8-5-9-13-17/h4-13,18-21H,3,14H2,1-2H3,(H,22,23)/t18-,19+,20+,21+/m1/s1. The first-order valence-corrected chi connectivity index (χ1v) is 8.71. The van der Waals surface area contributed by atoms with Crippen LogP contribution in [0.5, 0.6) is 0 Å². The van der Waals surface area contributed by atoms with E-state index in [9.17, 15) is 4.79 Å². The molecule has 1 amide bonds. The van der Waals surface area contributed by atoms with Gasteiger partial charge in [0.25, 0.3) is 0 Å². The third-order valence-corrected chi connectivity index (χ3v) is 4.84. The summed E-state index contributed by atoms with van der Waals surface area (Å²) in [6, 6.07) is 20.8. The van der Waals surface area contributed by atoms with Crippen LogP contribution in [0.25, 0.3) is 0 Å². The normalized spacial score (nSPS) is 26.8. The third kappa shape index (κ3) is 3.68. The zero-order valence-electron chi connectivity index (χ0n) is 14.3.